The van der Waals surface area contributed by atoms with Crippen LogP contribution in [0.5, 0.6) is 0 Å². The maximum atomic E-state index is 12.6. The number of hydrogen-bond donors (Lipinski definition) is 0. The zero-order valence-corrected chi connectivity index (χ0v) is 14.8. The van der Waals surface area contributed by atoms with Crippen LogP contribution in [-0.2, 0) is 4.74 Å². The van der Waals surface area contributed by atoms with Crippen LogP contribution in [0.25, 0.3) is 11.6 Å². The number of hydrogen-bond acceptors (Lipinski definition) is 7. The monoisotopic (exact) mass is 345 g/mol. The number of rotatable bonds is 2. The summed E-state index contributed by atoms with van der Waals surface area (Å²) in [5.74, 6) is 0.782. The largest absolute Gasteiger partial charge is 0.444 e. The molecule has 1 aliphatic rings. The molecular weight excluding hydrogens is 322 g/mol. The molecule has 25 heavy (non-hydrogen) atoms. The second-order valence-corrected chi connectivity index (χ2v) is 7.09. The number of carbonyl (C=O) groups is 1. The smallest absolute Gasteiger partial charge is 0.410 e. The molecule has 0 aromatic carbocycles. The van der Waals surface area contributed by atoms with E-state index in [0.717, 1.165) is 25.7 Å². The van der Waals surface area contributed by atoms with Gasteiger partial charge in [0.15, 0.2) is 5.82 Å². The molecule has 3 rings (SSSR count). The van der Waals surface area contributed by atoms with Crippen LogP contribution in [0.2, 0.25) is 0 Å². The summed E-state index contributed by atoms with van der Waals surface area (Å²) >= 11 is 0. The van der Waals surface area contributed by atoms with Gasteiger partial charge in [-0.1, -0.05) is 18.0 Å². The summed E-state index contributed by atoms with van der Waals surface area (Å²) < 4.78 is 10.9. The van der Waals surface area contributed by atoms with E-state index in [-0.39, 0.29) is 12.1 Å². The average molecular weight is 345 g/mol. The molecule has 0 bridgehead atoms. The molecule has 1 aliphatic heterocycles. The molecule has 1 saturated heterocycles. The molecule has 8 heteroatoms. The first-order chi connectivity index (χ1) is 11.9. The van der Waals surface area contributed by atoms with Crippen molar-refractivity contribution in [1.82, 2.24) is 25.0 Å². The van der Waals surface area contributed by atoms with Gasteiger partial charge in [-0.05, 0) is 33.6 Å². The summed E-state index contributed by atoms with van der Waals surface area (Å²) in [6, 6.07) is -0.258. The van der Waals surface area contributed by atoms with Gasteiger partial charge < -0.3 is 9.26 Å². The maximum Gasteiger partial charge on any atom is 0.410 e. The van der Waals surface area contributed by atoms with E-state index < -0.39 is 5.60 Å². The topological polar surface area (TPSA) is 94.2 Å². The molecule has 0 radical (unpaired) electrons. The lowest BCUT2D eigenvalue weighted by molar-refractivity contribution is 0.0153. The van der Waals surface area contributed by atoms with Gasteiger partial charge in [0.25, 0.3) is 5.89 Å². The van der Waals surface area contributed by atoms with E-state index in [1.807, 2.05) is 20.8 Å². The lowest BCUT2D eigenvalue weighted by Gasteiger charge is -2.30. The van der Waals surface area contributed by atoms with E-state index in [9.17, 15) is 4.79 Å². The van der Waals surface area contributed by atoms with E-state index in [1.165, 1.54) is 0 Å². The van der Waals surface area contributed by atoms with Crippen molar-refractivity contribution < 1.29 is 14.1 Å². The lowest BCUT2D eigenvalue weighted by Crippen LogP contribution is -2.39. The van der Waals surface area contributed by atoms with Crippen LogP contribution in [0.1, 0.15) is 58.3 Å². The molecule has 1 unspecified atom stereocenters. The van der Waals surface area contributed by atoms with Crippen LogP contribution in [-0.4, -0.2) is 43.2 Å². The highest BCUT2D eigenvalue weighted by Gasteiger charge is 2.33. The first-order valence-electron chi connectivity index (χ1n) is 8.54. The van der Waals surface area contributed by atoms with E-state index in [2.05, 4.69) is 20.1 Å². The van der Waals surface area contributed by atoms with E-state index in [0.29, 0.717) is 24.0 Å². The fourth-order valence-electron chi connectivity index (χ4n) is 2.80. The Kier molecular flexibility index (Phi) is 4.96. The number of carbonyl (C=O) groups excluding carboxylic acids is 1. The third-order valence-electron chi connectivity index (χ3n) is 3.90. The van der Waals surface area contributed by atoms with Crippen molar-refractivity contribution in [3.05, 3.63) is 24.4 Å². The Balaban J connectivity index is 1.84. The van der Waals surface area contributed by atoms with Gasteiger partial charge in [-0.15, -0.1) is 0 Å². The standard InChI is InChI=1S/C17H23N5O3/c1-17(2,3)24-16(23)22-10-6-4-5-7-13(22)14-20-15(25-21-14)12-11-18-8-9-19-12/h8-9,11,13H,4-7,10H2,1-3H3. The molecule has 8 nitrogen and oxygen atoms in total. The molecule has 1 amide bonds. The van der Waals surface area contributed by atoms with Crippen LogP contribution in [0.15, 0.2) is 23.1 Å². The average Bonchev–Trinajstić information content (AvgIpc) is 2.92. The van der Waals surface area contributed by atoms with Crippen LogP contribution in [0.3, 0.4) is 0 Å². The van der Waals surface area contributed by atoms with Gasteiger partial charge in [0.05, 0.1) is 12.2 Å². The summed E-state index contributed by atoms with van der Waals surface area (Å²) in [4.78, 5) is 27.0. The molecule has 0 spiro atoms. The van der Waals surface area contributed by atoms with Crippen LogP contribution in [0.4, 0.5) is 4.79 Å². The summed E-state index contributed by atoms with van der Waals surface area (Å²) in [5, 5.41) is 4.08. The maximum absolute atomic E-state index is 12.6. The van der Waals surface area contributed by atoms with Crippen LogP contribution in [0, 0.1) is 0 Å². The Bertz CT molecular complexity index is 711. The zero-order valence-electron chi connectivity index (χ0n) is 14.8. The Morgan fingerprint density at radius 3 is 2.84 bits per heavy atom. The van der Waals surface area contributed by atoms with Gasteiger partial charge in [0, 0.05) is 18.9 Å². The minimum atomic E-state index is -0.546. The summed E-state index contributed by atoms with van der Waals surface area (Å²) in [5.41, 5.74) is -0.0330. The molecule has 0 aliphatic carbocycles. The van der Waals surface area contributed by atoms with Gasteiger partial charge in [0.1, 0.15) is 11.3 Å². The highest BCUT2D eigenvalue weighted by atomic mass is 16.6. The lowest BCUT2D eigenvalue weighted by atomic mass is 10.1. The Hall–Kier alpha value is -2.51. The fourth-order valence-corrected chi connectivity index (χ4v) is 2.80. The van der Waals surface area contributed by atoms with E-state index in [1.54, 1.807) is 23.5 Å². The number of nitrogens with zero attached hydrogens (tertiary/aromatic N) is 5. The highest BCUT2D eigenvalue weighted by molar-refractivity contribution is 5.68. The molecule has 1 fully saturated rings. The van der Waals surface area contributed by atoms with Crippen molar-refractivity contribution in [2.75, 3.05) is 6.54 Å². The summed E-state index contributed by atoms with van der Waals surface area (Å²) in [7, 11) is 0. The minimum Gasteiger partial charge on any atom is -0.444 e. The number of amides is 1. The SMILES string of the molecule is CC(C)(C)OC(=O)N1CCCCCC1c1noc(-c2cnccn2)n1. The number of likely N-dealkylation sites (tertiary alicyclic amines) is 1. The van der Waals surface area contributed by atoms with E-state index >= 15 is 0 Å². The van der Waals surface area contributed by atoms with Crippen molar-refractivity contribution in [1.29, 1.82) is 0 Å². The predicted molar refractivity (Wildman–Crippen MR) is 89.5 cm³/mol. The quantitative estimate of drug-likeness (QED) is 0.823. The third kappa shape index (κ3) is 4.32. The van der Waals surface area contributed by atoms with Crippen molar-refractivity contribution in [2.24, 2.45) is 0 Å². The Morgan fingerprint density at radius 1 is 1.28 bits per heavy atom. The molecule has 2 aromatic rings. The number of aromatic nitrogens is 4. The second-order valence-electron chi connectivity index (χ2n) is 7.09. The minimum absolute atomic E-state index is 0.258. The molecule has 2 aromatic heterocycles. The number of ether oxygens (including phenoxy) is 1. The normalized spacial score (nSPS) is 18.7. The molecular formula is C17H23N5O3. The van der Waals surface area contributed by atoms with Crippen molar-refractivity contribution in [3.8, 4) is 11.6 Å². The summed E-state index contributed by atoms with van der Waals surface area (Å²) in [6.45, 7) is 6.20. The Labute approximate surface area is 146 Å². The summed E-state index contributed by atoms with van der Waals surface area (Å²) in [6.07, 6.45) is 8.14. The highest BCUT2D eigenvalue weighted by Crippen LogP contribution is 2.30. The Morgan fingerprint density at radius 2 is 2.12 bits per heavy atom. The van der Waals surface area contributed by atoms with E-state index in [4.69, 9.17) is 9.26 Å². The van der Waals surface area contributed by atoms with Gasteiger partial charge in [-0.2, -0.15) is 4.98 Å². The van der Waals surface area contributed by atoms with Gasteiger partial charge >= 0.3 is 6.09 Å². The van der Waals surface area contributed by atoms with Gasteiger partial charge in [-0.3, -0.25) is 9.88 Å². The predicted octanol–water partition coefficient (Wildman–Crippen LogP) is 3.38. The van der Waals surface area contributed by atoms with Crippen molar-refractivity contribution in [3.63, 3.8) is 0 Å². The third-order valence-corrected chi connectivity index (χ3v) is 3.90. The second kappa shape index (κ2) is 7.16. The first-order valence-corrected chi connectivity index (χ1v) is 8.54. The fraction of sp³-hybridized carbons (Fsp3) is 0.588. The van der Waals surface area contributed by atoms with Crippen LogP contribution >= 0.6 is 0 Å². The van der Waals surface area contributed by atoms with Crippen LogP contribution < -0.4 is 0 Å². The molecule has 0 N–H and O–H groups in total. The molecule has 0 saturated carbocycles. The van der Waals surface area contributed by atoms with Gasteiger partial charge in [-0.25, -0.2) is 9.78 Å². The molecule has 3 heterocycles. The van der Waals surface area contributed by atoms with Crippen molar-refractivity contribution in [2.45, 2.75) is 58.1 Å². The zero-order chi connectivity index (χ0) is 17.9. The first kappa shape index (κ1) is 17.3. The molecule has 1 atom stereocenters. The van der Waals surface area contributed by atoms with Gasteiger partial charge in [0.2, 0.25) is 0 Å². The van der Waals surface area contributed by atoms with Crippen molar-refractivity contribution >= 4 is 6.09 Å². The molecule has 134 valence electrons.